The van der Waals surface area contributed by atoms with E-state index in [4.69, 9.17) is 11.6 Å². The fourth-order valence-electron chi connectivity index (χ4n) is 3.16. The third kappa shape index (κ3) is 4.23. The first-order chi connectivity index (χ1) is 11.8. The van der Waals surface area contributed by atoms with Gasteiger partial charge in [0.15, 0.2) is 0 Å². The van der Waals surface area contributed by atoms with E-state index in [0.717, 1.165) is 36.3 Å². The fraction of sp³-hybridized carbons (Fsp3) is 0.381. The monoisotopic (exact) mass is 356 g/mol. The third-order valence-electron chi connectivity index (χ3n) is 4.71. The van der Waals surface area contributed by atoms with Crippen LogP contribution in [0.4, 0.5) is 0 Å². The number of H-pyrrole nitrogens is 1. The lowest BCUT2D eigenvalue weighted by Crippen LogP contribution is -2.12. The predicted octanol–water partition coefficient (Wildman–Crippen LogP) is 4.37. The molecule has 3 rings (SSSR count). The van der Waals surface area contributed by atoms with Crippen molar-refractivity contribution in [1.82, 2.24) is 10.3 Å². The van der Waals surface area contributed by atoms with Gasteiger partial charge in [0.2, 0.25) is 0 Å². The summed E-state index contributed by atoms with van der Waals surface area (Å²) in [5.41, 5.74) is 4.14. The molecule has 1 atom stereocenters. The maximum absolute atomic E-state index is 12.0. The molecule has 0 amide bonds. The molecule has 1 aromatic heterocycles. The van der Waals surface area contributed by atoms with Crippen LogP contribution in [0.15, 0.2) is 47.3 Å². The minimum Gasteiger partial charge on any atom is -0.321 e. The van der Waals surface area contributed by atoms with E-state index in [2.05, 4.69) is 61.4 Å². The molecule has 1 aromatic carbocycles. The zero-order valence-corrected chi connectivity index (χ0v) is 15.8. The number of aromatic amines is 1. The topological polar surface area (TPSA) is 44.9 Å². The van der Waals surface area contributed by atoms with Gasteiger partial charge in [-0.25, -0.2) is 0 Å². The van der Waals surface area contributed by atoms with Crippen molar-refractivity contribution in [3.63, 3.8) is 0 Å². The molecule has 1 saturated heterocycles. The highest BCUT2D eigenvalue weighted by atomic mass is 35.5. The molecule has 1 aliphatic heterocycles. The number of hydrogen-bond donors (Lipinski definition) is 2. The molecule has 25 heavy (non-hydrogen) atoms. The number of aromatic nitrogens is 1. The molecule has 0 radical (unpaired) electrons. The third-order valence-corrected chi connectivity index (χ3v) is 5.01. The van der Waals surface area contributed by atoms with E-state index in [0.29, 0.717) is 5.92 Å². The summed E-state index contributed by atoms with van der Waals surface area (Å²) in [6, 6.07) is 12.2. The van der Waals surface area contributed by atoms with Crippen molar-refractivity contribution in [2.75, 3.05) is 13.1 Å². The van der Waals surface area contributed by atoms with Crippen molar-refractivity contribution in [3.8, 4) is 0 Å². The quantitative estimate of drug-likeness (QED) is 0.857. The molecular formula is C21H25ClN2O. The van der Waals surface area contributed by atoms with Gasteiger partial charge in [-0.2, -0.15) is 0 Å². The zero-order chi connectivity index (χ0) is 18.0. The summed E-state index contributed by atoms with van der Waals surface area (Å²) in [5.74, 6) is 0.469. The second-order valence-corrected chi connectivity index (χ2v) is 8.12. The van der Waals surface area contributed by atoms with Crippen LogP contribution >= 0.6 is 11.6 Å². The summed E-state index contributed by atoms with van der Waals surface area (Å²) in [7, 11) is 0. The van der Waals surface area contributed by atoms with Crippen LogP contribution in [0.3, 0.4) is 0 Å². The number of benzene rings is 1. The smallest absolute Gasteiger partial charge is 0.267 e. The molecule has 1 aliphatic rings. The Balaban J connectivity index is 2.04. The number of halogens is 1. The highest BCUT2D eigenvalue weighted by Crippen LogP contribution is 2.28. The molecular weight excluding hydrogens is 332 g/mol. The van der Waals surface area contributed by atoms with Crippen molar-refractivity contribution in [2.45, 2.75) is 32.6 Å². The molecule has 0 spiro atoms. The summed E-state index contributed by atoms with van der Waals surface area (Å²) < 4.78 is 0. The van der Waals surface area contributed by atoms with Gasteiger partial charge in [0.1, 0.15) is 5.02 Å². The molecule has 0 saturated carbocycles. The van der Waals surface area contributed by atoms with Gasteiger partial charge < -0.3 is 10.3 Å². The molecule has 2 heterocycles. The normalized spacial score (nSPS) is 18.6. The van der Waals surface area contributed by atoms with Gasteiger partial charge in [-0.1, -0.05) is 62.7 Å². The summed E-state index contributed by atoms with van der Waals surface area (Å²) >= 11 is 5.90. The Morgan fingerprint density at radius 3 is 2.44 bits per heavy atom. The van der Waals surface area contributed by atoms with Crippen molar-refractivity contribution in [1.29, 1.82) is 0 Å². The molecule has 3 nitrogen and oxygen atoms in total. The van der Waals surface area contributed by atoms with Gasteiger partial charge in [0, 0.05) is 17.8 Å². The van der Waals surface area contributed by atoms with Crippen molar-refractivity contribution >= 4 is 17.2 Å². The Bertz CT molecular complexity index is 822. The zero-order valence-electron chi connectivity index (χ0n) is 15.0. The Hall–Kier alpha value is -1.84. The van der Waals surface area contributed by atoms with Gasteiger partial charge >= 0.3 is 0 Å². The predicted molar refractivity (Wildman–Crippen MR) is 105 cm³/mol. The van der Waals surface area contributed by atoms with Crippen LogP contribution in [-0.2, 0) is 5.41 Å². The standard InChI is InChI=1S/C21H25ClN2O/c1-21(2,3)16-6-4-15(5-7-16)17(12-14-10-11-23-13-14)19-9-8-18(22)20(25)24-19/h4-9,12,14,23H,10-11,13H2,1-3H3,(H,24,25)/b17-12-/t14-/m1/s1. The second-order valence-electron chi connectivity index (χ2n) is 7.71. The largest absolute Gasteiger partial charge is 0.321 e. The van der Waals surface area contributed by atoms with Crippen LogP contribution < -0.4 is 10.9 Å². The summed E-state index contributed by atoms with van der Waals surface area (Å²) in [6.07, 6.45) is 3.38. The van der Waals surface area contributed by atoms with Crippen LogP contribution in [0.25, 0.3) is 5.57 Å². The van der Waals surface area contributed by atoms with Crippen LogP contribution in [-0.4, -0.2) is 18.1 Å². The van der Waals surface area contributed by atoms with E-state index >= 15 is 0 Å². The average Bonchev–Trinajstić information content (AvgIpc) is 3.08. The first-order valence-electron chi connectivity index (χ1n) is 8.77. The minimum atomic E-state index is -0.249. The molecule has 0 aliphatic carbocycles. The first kappa shape index (κ1) is 18.0. The molecule has 0 bridgehead atoms. The highest BCUT2D eigenvalue weighted by Gasteiger charge is 2.17. The minimum absolute atomic E-state index is 0.117. The van der Waals surface area contributed by atoms with Crippen molar-refractivity contribution in [3.05, 3.63) is 74.7 Å². The Kier molecular flexibility index (Phi) is 5.16. The van der Waals surface area contributed by atoms with E-state index in [9.17, 15) is 4.79 Å². The molecule has 1 fully saturated rings. The molecule has 132 valence electrons. The number of hydrogen-bond acceptors (Lipinski definition) is 2. The lowest BCUT2D eigenvalue weighted by Gasteiger charge is -2.20. The first-order valence-corrected chi connectivity index (χ1v) is 9.15. The highest BCUT2D eigenvalue weighted by molar-refractivity contribution is 6.30. The van der Waals surface area contributed by atoms with E-state index in [-0.39, 0.29) is 16.0 Å². The van der Waals surface area contributed by atoms with Crippen molar-refractivity contribution < 1.29 is 0 Å². The van der Waals surface area contributed by atoms with E-state index < -0.39 is 0 Å². The molecule has 2 aromatic rings. The average molecular weight is 357 g/mol. The SMILES string of the molecule is CC(C)(C)c1ccc(/C(=C/[C@H]2CCNC2)c2ccc(Cl)c(=O)[nH]2)cc1. The number of rotatable bonds is 3. The number of pyridine rings is 1. The van der Waals surface area contributed by atoms with E-state index in [1.165, 1.54) is 5.56 Å². The number of nitrogens with one attached hydrogen (secondary N) is 2. The molecule has 2 N–H and O–H groups in total. The van der Waals surface area contributed by atoms with Gasteiger partial charge in [-0.15, -0.1) is 0 Å². The lowest BCUT2D eigenvalue weighted by molar-refractivity contribution is 0.590. The van der Waals surface area contributed by atoms with E-state index in [1.54, 1.807) is 6.07 Å². The van der Waals surface area contributed by atoms with Gasteiger partial charge in [0.25, 0.3) is 5.56 Å². The van der Waals surface area contributed by atoms with Crippen LogP contribution in [0.2, 0.25) is 5.02 Å². The second kappa shape index (κ2) is 7.19. The summed E-state index contributed by atoms with van der Waals surface area (Å²) in [6.45, 7) is 8.63. The van der Waals surface area contributed by atoms with Gasteiger partial charge in [-0.05, 0) is 47.6 Å². The van der Waals surface area contributed by atoms with Crippen LogP contribution in [0.1, 0.15) is 44.0 Å². The van der Waals surface area contributed by atoms with Gasteiger partial charge in [0.05, 0.1) is 0 Å². The summed E-state index contributed by atoms with van der Waals surface area (Å²) in [4.78, 5) is 14.9. The van der Waals surface area contributed by atoms with Crippen LogP contribution in [0, 0.1) is 5.92 Å². The lowest BCUT2D eigenvalue weighted by atomic mass is 9.85. The van der Waals surface area contributed by atoms with Crippen LogP contribution in [0.5, 0.6) is 0 Å². The van der Waals surface area contributed by atoms with Crippen molar-refractivity contribution in [2.24, 2.45) is 5.92 Å². The maximum Gasteiger partial charge on any atom is 0.267 e. The van der Waals surface area contributed by atoms with Gasteiger partial charge in [-0.3, -0.25) is 4.79 Å². The molecule has 4 heteroatoms. The molecule has 0 unspecified atom stereocenters. The van der Waals surface area contributed by atoms with E-state index in [1.807, 2.05) is 6.07 Å². The Labute approximate surface area is 154 Å². The maximum atomic E-state index is 12.0. The Morgan fingerprint density at radius 2 is 1.88 bits per heavy atom. The summed E-state index contributed by atoms with van der Waals surface area (Å²) in [5, 5.41) is 3.61. The Morgan fingerprint density at radius 1 is 1.16 bits per heavy atom. The fourth-order valence-corrected chi connectivity index (χ4v) is 3.27.